The number of alkyl halides is 1. The van der Waals surface area contributed by atoms with Crippen LogP contribution in [0.25, 0.3) is 0 Å². The Morgan fingerprint density at radius 1 is 1.78 bits per heavy atom. The van der Waals surface area contributed by atoms with Crippen LogP contribution >= 0.6 is 23.1 Å². The van der Waals surface area contributed by atoms with Gasteiger partial charge in [-0.3, -0.25) is 0 Å². The largest absolute Gasteiger partial charge is 0.328 e. The molecule has 0 aliphatic heterocycles. The third-order valence-corrected chi connectivity index (χ3v) is 2.34. The van der Waals surface area contributed by atoms with Crippen molar-refractivity contribution in [2.24, 2.45) is 7.05 Å². The quantitative estimate of drug-likeness (QED) is 0.446. The van der Waals surface area contributed by atoms with Crippen molar-refractivity contribution in [1.29, 1.82) is 0 Å². The second kappa shape index (κ2) is 2.62. The Labute approximate surface area is 63.3 Å². The lowest BCUT2D eigenvalue weighted by Crippen LogP contribution is -2.33. The van der Waals surface area contributed by atoms with Crippen molar-refractivity contribution in [3.63, 3.8) is 0 Å². The lowest BCUT2D eigenvalue weighted by Gasteiger charge is -1.83. The summed E-state index contributed by atoms with van der Waals surface area (Å²) in [7, 11) is 1.97. The summed E-state index contributed by atoms with van der Waals surface area (Å²) in [6.07, 6.45) is 0. The average Bonchev–Trinajstić information content (AvgIpc) is 2.15. The molecule has 0 atom stereocenters. The van der Waals surface area contributed by atoms with Crippen molar-refractivity contribution < 1.29 is 4.57 Å². The molecule has 1 rings (SSSR count). The van der Waals surface area contributed by atoms with Crippen LogP contribution in [-0.2, 0) is 12.9 Å². The predicted octanol–water partition coefficient (Wildman–Crippen LogP) is 1.01. The van der Waals surface area contributed by atoms with Crippen LogP contribution in [0.1, 0.15) is 10.8 Å². The molecule has 0 unspecified atom stereocenters. The third-order valence-electron chi connectivity index (χ3n) is 1.26. The lowest BCUT2D eigenvalue weighted by molar-refractivity contribution is -0.681. The normalized spacial score (nSPS) is 10.1. The molecule has 0 spiro atoms. The number of halogens is 1. The maximum absolute atomic E-state index is 5.57. The molecule has 0 bridgehead atoms. The number of rotatable bonds is 1. The number of nitrogens with zero attached hydrogens (tertiary/aromatic N) is 2. The molecule has 0 aromatic carbocycles. The van der Waals surface area contributed by atoms with Crippen molar-refractivity contribution in [3.8, 4) is 0 Å². The Balaban J connectivity index is 3.04. The van der Waals surface area contributed by atoms with Crippen molar-refractivity contribution in [1.82, 2.24) is 4.37 Å². The summed E-state index contributed by atoms with van der Waals surface area (Å²) < 4.78 is 6.10. The first kappa shape index (κ1) is 6.96. The minimum absolute atomic E-state index is 0.501. The highest BCUT2D eigenvalue weighted by Crippen LogP contribution is 2.00. The Morgan fingerprint density at radius 2 is 2.44 bits per heavy atom. The molecule has 0 saturated carbocycles. The van der Waals surface area contributed by atoms with Crippen molar-refractivity contribution in [3.05, 3.63) is 10.8 Å². The number of aryl methyl sites for hydroxylation is 1. The van der Waals surface area contributed by atoms with E-state index in [-0.39, 0.29) is 0 Å². The van der Waals surface area contributed by atoms with E-state index in [1.54, 1.807) is 0 Å². The van der Waals surface area contributed by atoms with Gasteiger partial charge >= 0.3 is 5.82 Å². The Hall–Kier alpha value is -0.150. The highest BCUT2D eigenvalue weighted by atomic mass is 35.5. The van der Waals surface area contributed by atoms with E-state index in [0.717, 1.165) is 5.82 Å². The standard InChI is InChI=1S/C5H8ClN2S/c1-4-8(2)5(3-6)7-9-4/h3H2,1-2H3/q+1. The van der Waals surface area contributed by atoms with Gasteiger partial charge in [-0.25, -0.2) is 4.57 Å². The van der Waals surface area contributed by atoms with Crippen LogP contribution in [0.2, 0.25) is 0 Å². The van der Waals surface area contributed by atoms with Crippen molar-refractivity contribution in [2.45, 2.75) is 12.8 Å². The van der Waals surface area contributed by atoms with Gasteiger partial charge in [0.25, 0.3) is 0 Å². The second-order valence-electron chi connectivity index (χ2n) is 1.81. The lowest BCUT2D eigenvalue weighted by atomic mass is 10.6. The minimum Gasteiger partial charge on any atom is -0.221 e. The van der Waals surface area contributed by atoms with E-state index in [1.807, 2.05) is 18.5 Å². The monoisotopic (exact) mass is 163 g/mol. The van der Waals surface area contributed by atoms with Crippen LogP contribution in [0.5, 0.6) is 0 Å². The molecule has 0 radical (unpaired) electrons. The maximum atomic E-state index is 5.57. The molecular formula is C5H8ClN2S+. The van der Waals surface area contributed by atoms with E-state index in [0.29, 0.717) is 5.88 Å². The van der Waals surface area contributed by atoms with Crippen LogP contribution in [0.3, 0.4) is 0 Å². The summed E-state index contributed by atoms with van der Waals surface area (Å²) in [6, 6.07) is 0. The number of hydrogen-bond acceptors (Lipinski definition) is 2. The van der Waals surface area contributed by atoms with Gasteiger partial charge in [-0.1, -0.05) is 0 Å². The van der Waals surface area contributed by atoms with Crippen LogP contribution in [0.15, 0.2) is 0 Å². The maximum Gasteiger partial charge on any atom is 0.328 e. The van der Waals surface area contributed by atoms with E-state index < -0.39 is 0 Å². The molecule has 2 nitrogen and oxygen atoms in total. The first-order valence-corrected chi connectivity index (χ1v) is 3.93. The fourth-order valence-electron chi connectivity index (χ4n) is 0.537. The molecule has 0 aliphatic carbocycles. The van der Waals surface area contributed by atoms with Gasteiger partial charge in [0.2, 0.25) is 0 Å². The van der Waals surface area contributed by atoms with E-state index in [1.165, 1.54) is 16.5 Å². The van der Waals surface area contributed by atoms with Gasteiger partial charge in [0.05, 0.1) is 7.05 Å². The second-order valence-corrected chi connectivity index (χ2v) is 3.03. The van der Waals surface area contributed by atoms with E-state index in [4.69, 9.17) is 11.6 Å². The zero-order valence-corrected chi connectivity index (χ0v) is 6.96. The van der Waals surface area contributed by atoms with E-state index in [2.05, 4.69) is 4.37 Å². The van der Waals surface area contributed by atoms with Crippen LogP contribution in [-0.4, -0.2) is 4.37 Å². The smallest absolute Gasteiger partial charge is 0.221 e. The van der Waals surface area contributed by atoms with E-state index >= 15 is 0 Å². The van der Waals surface area contributed by atoms with Gasteiger partial charge in [-0.15, -0.1) is 11.6 Å². The zero-order chi connectivity index (χ0) is 6.85. The first-order chi connectivity index (χ1) is 4.25. The topological polar surface area (TPSA) is 16.8 Å². The molecule has 9 heavy (non-hydrogen) atoms. The Bertz CT molecular complexity index is 209. The number of hydrogen-bond donors (Lipinski definition) is 0. The van der Waals surface area contributed by atoms with Crippen molar-refractivity contribution in [2.75, 3.05) is 0 Å². The van der Waals surface area contributed by atoms with Crippen LogP contribution < -0.4 is 4.57 Å². The molecule has 1 aromatic rings. The fourth-order valence-corrected chi connectivity index (χ4v) is 1.50. The van der Waals surface area contributed by atoms with Gasteiger partial charge in [-0.05, 0) is 0 Å². The van der Waals surface area contributed by atoms with Crippen LogP contribution in [0.4, 0.5) is 0 Å². The summed E-state index contributed by atoms with van der Waals surface area (Å²) in [6.45, 7) is 2.02. The molecule has 4 heteroatoms. The molecule has 50 valence electrons. The Kier molecular flexibility index (Phi) is 2.03. The molecule has 0 saturated heterocycles. The Morgan fingerprint density at radius 3 is 2.67 bits per heavy atom. The van der Waals surface area contributed by atoms with Gasteiger partial charge < -0.3 is 0 Å². The molecule has 0 fully saturated rings. The van der Waals surface area contributed by atoms with Gasteiger partial charge in [0.15, 0.2) is 5.01 Å². The third kappa shape index (κ3) is 1.22. The minimum atomic E-state index is 0.501. The van der Waals surface area contributed by atoms with Gasteiger partial charge in [0.1, 0.15) is 17.4 Å². The molecule has 0 aliphatic rings. The summed E-state index contributed by atoms with van der Waals surface area (Å²) in [5.41, 5.74) is 0. The van der Waals surface area contributed by atoms with Crippen molar-refractivity contribution >= 4 is 23.1 Å². The molecule has 0 N–H and O–H groups in total. The predicted molar refractivity (Wildman–Crippen MR) is 37.6 cm³/mol. The number of aromatic nitrogens is 2. The SMILES string of the molecule is Cc1snc(CCl)[n+]1C. The van der Waals surface area contributed by atoms with Crippen LogP contribution in [0, 0.1) is 6.92 Å². The highest BCUT2D eigenvalue weighted by Gasteiger charge is 2.12. The van der Waals surface area contributed by atoms with Gasteiger partial charge in [0, 0.05) is 11.3 Å². The molecule has 1 heterocycles. The highest BCUT2D eigenvalue weighted by molar-refractivity contribution is 7.04. The average molecular weight is 164 g/mol. The van der Waals surface area contributed by atoms with E-state index in [9.17, 15) is 0 Å². The molecule has 1 aromatic heterocycles. The summed E-state index contributed by atoms with van der Waals surface area (Å²) >= 11 is 7.05. The summed E-state index contributed by atoms with van der Waals surface area (Å²) in [5, 5.41) is 1.19. The first-order valence-electron chi connectivity index (χ1n) is 2.63. The van der Waals surface area contributed by atoms with Gasteiger partial charge in [-0.2, -0.15) is 0 Å². The zero-order valence-electron chi connectivity index (χ0n) is 5.39. The summed E-state index contributed by atoms with van der Waals surface area (Å²) in [4.78, 5) is 0. The molecule has 0 amide bonds. The summed E-state index contributed by atoms with van der Waals surface area (Å²) in [5.74, 6) is 1.44. The molecular weight excluding hydrogens is 156 g/mol. The fraction of sp³-hybridized carbons (Fsp3) is 0.600.